The van der Waals surface area contributed by atoms with Gasteiger partial charge in [-0.3, -0.25) is 4.79 Å². The molecule has 1 aromatic rings. The van der Waals surface area contributed by atoms with Crippen LogP contribution in [0.5, 0.6) is 0 Å². The van der Waals surface area contributed by atoms with Crippen LogP contribution in [-0.2, 0) is 9.05 Å². The molecule has 2 rings (SSSR count). The predicted molar refractivity (Wildman–Crippen MR) is 83.2 cm³/mol. The molecule has 1 N–H and O–H groups in total. The van der Waals surface area contributed by atoms with Crippen molar-refractivity contribution in [3.63, 3.8) is 0 Å². The Morgan fingerprint density at radius 1 is 1.38 bits per heavy atom. The minimum Gasteiger partial charge on any atom is -0.349 e. The van der Waals surface area contributed by atoms with Crippen LogP contribution in [-0.4, -0.2) is 20.4 Å². The fourth-order valence-corrected chi connectivity index (χ4v) is 3.41. The van der Waals surface area contributed by atoms with E-state index in [1.165, 1.54) is 12.1 Å². The van der Waals surface area contributed by atoms with Gasteiger partial charge in [0.15, 0.2) is 0 Å². The summed E-state index contributed by atoms with van der Waals surface area (Å²) in [5.74, 6) is 0.335. The molecule has 0 aromatic heterocycles. The molecule has 0 radical (unpaired) electrons. The Morgan fingerprint density at radius 3 is 2.62 bits per heavy atom. The maximum Gasteiger partial charge on any atom is 0.261 e. The molecule has 1 aliphatic rings. The van der Waals surface area contributed by atoms with Crippen molar-refractivity contribution in [1.29, 1.82) is 0 Å². The van der Waals surface area contributed by atoms with Gasteiger partial charge in [0.25, 0.3) is 15.0 Å². The molecule has 21 heavy (non-hydrogen) atoms. The van der Waals surface area contributed by atoms with Crippen molar-refractivity contribution in [1.82, 2.24) is 5.32 Å². The molecule has 0 spiro atoms. The Bertz CT molecular complexity index is 670. The van der Waals surface area contributed by atoms with Crippen molar-refractivity contribution in [2.75, 3.05) is 0 Å². The predicted octanol–water partition coefficient (Wildman–Crippen LogP) is 3.15. The highest BCUT2D eigenvalue weighted by molar-refractivity contribution is 8.13. The van der Waals surface area contributed by atoms with Crippen molar-refractivity contribution in [3.05, 3.63) is 28.8 Å². The first-order valence-corrected chi connectivity index (χ1v) is 9.41. The van der Waals surface area contributed by atoms with Crippen molar-refractivity contribution < 1.29 is 13.2 Å². The highest BCUT2D eigenvalue weighted by atomic mass is 35.7. The van der Waals surface area contributed by atoms with Crippen molar-refractivity contribution >= 4 is 25.6 Å². The fourth-order valence-electron chi connectivity index (χ4n) is 2.56. The van der Waals surface area contributed by atoms with E-state index in [1.54, 1.807) is 6.92 Å². The van der Waals surface area contributed by atoms with Gasteiger partial charge in [0.1, 0.15) is 0 Å². The van der Waals surface area contributed by atoms with Gasteiger partial charge in [0.05, 0.1) is 4.90 Å². The second kappa shape index (κ2) is 5.97. The first kappa shape index (κ1) is 16.3. The lowest BCUT2D eigenvalue weighted by Gasteiger charge is -2.11. The lowest BCUT2D eigenvalue weighted by Crippen LogP contribution is -2.28. The summed E-state index contributed by atoms with van der Waals surface area (Å²) >= 11 is 0. The molecule has 116 valence electrons. The summed E-state index contributed by atoms with van der Waals surface area (Å²) in [5.41, 5.74) is 1.91. The average Bonchev–Trinajstić information content (AvgIpc) is 3.09. The second-order valence-corrected chi connectivity index (χ2v) is 8.28. The van der Waals surface area contributed by atoms with E-state index in [2.05, 4.69) is 12.2 Å². The smallest absolute Gasteiger partial charge is 0.261 e. The molecule has 2 unspecified atom stereocenters. The third-order valence-electron chi connectivity index (χ3n) is 4.07. The minimum atomic E-state index is -3.84. The Balaban J connectivity index is 2.23. The number of halogens is 1. The first-order chi connectivity index (χ1) is 9.74. The molecule has 1 amide bonds. The second-order valence-electron chi connectivity index (χ2n) is 5.71. The van der Waals surface area contributed by atoms with E-state index >= 15 is 0 Å². The zero-order valence-corrected chi connectivity index (χ0v) is 14.0. The Kier molecular flexibility index (Phi) is 4.63. The van der Waals surface area contributed by atoms with Crippen LogP contribution in [0.3, 0.4) is 0 Å². The third-order valence-corrected chi connectivity index (χ3v) is 5.40. The highest BCUT2D eigenvalue weighted by Crippen LogP contribution is 2.35. The van der Waals surface area contributed by atoms with Crippen LogP contribution >= 0.6 is 10.7 Å². The molecular weight excluding hydrogens is 310 g/mol. The van der Waals surface area contributed by atoms with E-state index in [0.717, 1.165) is 30.4 Å². The summed E-state index contributed by atoms with van der Waals surface area (Å²) in [6.45, 7) is 5.71. The molecule has 0 saturated heterocycles. The maximum absolute atomic E-state index is 12.3. The summed E-state index contributed by atoms with van der Waals surface area (Å²) in [5, 5.41) is 2.97. The largest absolute Gasteiger partial charge is 0.349 e. The van der Waals surface area contributed by atoms with Crippen molar-refractivity contribution in [2.24, 2.45) is 5.92 Å². The van der Waals surface area contributed by atoms with E-state index in [1.807, 2.05) is 6.92 Å². The minimum absolute atomic E-state index is 0.0293. The molecule has 1 aliphatic carbocycles. The number of carbonyl (C=O) groups excluding carboxylic acids is 1. The van der Waals surface area contributed by atoms with Gasteiger partial charge in [-0.05, 0) is 55.9 Å². The molecule has 0 aliphatic heterocycles. The Labute approximate surface area is 130 Å². The summed E-state index contributed by atoms with van der Waals surface area (Å²) in [7, 11) is 1.54. The molecule has 4 nitrogen and oxygen atoms in total. The SMILES string of the molecule is CCCC1CC1NC(=O)c1cc(S(=O)(=O)Cl)cc(C)c1C. The lowest BCUT2D eigenvalue weighted by molar-refractivity contribution is 0.0948. The number of hydrogen-bond acceptors (Lipinski definition) is 3. The summed E-state index contributed by atoms with van der Waals surface area (Å²) in [6.07, 6.45) is 3.22. The maximum atomic E-state index is 12.3. The number of benzene rings is 1. The summed E-state index contributed by atoms with van der Waals surface area (Å²) in [6, 6.07) is 3.07. The molecule has 0 bridgehead atoms. The van der Waals surface area contributed by atoms with Crippen LogP contribution in [0.2, 0.25) is 0 Å². The first-order valence-electron chi connectivity index (χ1n) is 7.10. The van der Waals surface area contributed by atoms with Gasteiger partial charge in [-0.2, -0.15) is 0 Å². The molecule has 1 fully saturated rings. The molecule has 1 saturated carbocycles. The quantitative estimate of drug-likeness (QED) is 0.844. The van der Waals surface area contributed by atoms with E-state index < -0.39 is 9.05 Å². The molecule has 6 heteroatoms. The summed E-state index contributed by atoms with van der Waals surface area (Å²) < 4.78 is 23.0. The fraction of sp³-hybridized carbons (Fsp3) is 0.533. The number of amides is 1. The summed E-state index contributed by atoms with van der Waals surface area (Å²) in [4.78, 5) is 12.3. The average molecular weight is 330 g/mol. The molecule has 1 aromatic carbocycles. The van der Waals surface area contributed by atoms with Gasteiger partial charge in [0, 0.05) is 22.3 Å². The van der Waals surface area contributed by atoms with E-state index in [9.17, 15) is 13.2 Å². The lowest BCUT2D eigenvalue weighted by atomic mass is 10.0. The van der Waals surface area contributed by atoms with E-state index in [-0.39, 0.29) is 16.8 Å². The highest BCUT2D eigenvalue weighted by Gasteiger charge is 2.37. The van der Waals surface area contributed by atoms with Crippen molar-refractivity contribution in [2.45, 2.75) is 51.0 Å². The number of nitrogens with one attached hydrogen (secondary N) is 1. The van der Waals surface area contributed by atoms with Crippen LogP contribution in [0.25, 0.3) is 0 Å². The normalized spacial score (nSPS) is 21.1. The van der Waals surface area contributed by atoms with Gasteiger partial charge in [-0.25, -0.2) is 8.42 Å². The van der Waals surface area contributed by atoms with E-state index in [0.29, 0.717) is 11.5 Å². The van der Waals surface area contributed by atoms with Crippen LogP contribution in [0.4, 0.5) is 0 Å². The van der Waals surface area contributed by atoms with Gasteiger partial charge in [-0.1, -0.05) is 13.3 Å². The van der Waals surface area contributed by atoms with Gasteiger partial charge in [-0.15, -0.1) is 0 Å². The van der Waals surface area contributed by atoms with Crippen LogP contribution in [0, 0.1) is 19.8 Å². The van der Waals surface area contributed by atoms with Crippen LogP contribution in [0.1, 0.15) is 47.7 Å². The molecule has 0 heterocycles. The van der Waals surface area contributed by atoms with E-state index in [4.69, 9.17) is 10.7 Å². The zero-order valence-electron chi connectivity index (χ0n) is 12.4. The monoisotopic (exact) mass is 329 g/mol. The van der Waals surface area contributed by atoms with Crippen molar-refractivity contribution in [3.8, 4) is 0 Å². The number of aryl methyl sites for hydroxylation is 1. The van der Waals surface area contributed by atoms with Crippen LogP contribution in [0.15, 0.2) is 17.0 Å². The number of carbonyl (C=O) groups is 1. The topological polar surface area (TPSA) is 63.2 Å². The van der Waals surface area contributed by atoms with Gasteiger partial charge < -0.3 is 5.32 Å². The van der Waals surface area contributed by atoms with Crippen LogP contribution < -0.4 is 5.32 Å². The van der Waals surface area contributed by atoms with Gasteiger partial charge in [0.2, 0.25) is 0 Å². The Hall–Kier alpha value is -1.07. The third kappa shape index (κ3) is 3.77. The molecular formula is C15H20ClNO3S. The molecule has 2 atom stereocenters. The number of rotatable bonds is 5. The standard InChI is InChI=1S/C15H20ClNO3S/c1-4-5-11-7-14(11)17-15(18)13-8-12(21(16,19)20)6-9(2)10(13)3/h6,8,11,14H,4-5,7H2,1-3H3,(H,17,18). The zero-order chi connectivity index (χ0) is 15.8. The Morgan fingerprint density at radius 2 is 2.05 bits per heavy atom. The van der Waals surface area contributed by atoms with Gasteiger partial charge >= 0.3 is 0 Å². The number of hydrogen-bond donors (Lipinski definition) is 1.